The highest BCUT2D eigenvalue weighted by Gasteiger charge is 2.44. The summed E-state index contributed by atoms with van der Waals surface area (Å²) in [5, 5.41) is 10.5. The van der Waals surface area contributed by atoms with Crippen molar-refractivity contribution in [1.82, 2.24) is 14.8 Å². The van der Waals surface area contributed by atoms with Crippen LogP contribution < -0.4 is 0 Å². The fourth-order valence-electron chi connectivity index (χ4n) is 5.02. The Morgan fingerprint density at radius 3 is 2.78 bits per heavy atom. The highest BCUT2D eigenvalue weighted by atomic mass is 32.1. The minimum atomic E-state index is 0.145. The van der Waals surface area contributed by atoms with Crippen LogP contribution in [0, 0.1) is 19.3 Å². The zero-order valence-corrected chi connectivity index (χ0v) is 17.3. The molecule has 1 aromatic rings. The molecule has 0 bridgehead atoms. The summed E-state index contributed by atoms with van der Waals surface area (Å²) in [5.74, 6) is 0.145. The zero-order valence-electron chi connectivity index (χ0n) is 16.4. The van der Waals surface area contributed by atoms with E-state index in [-0.39, 0.29) is 24.0 Å². The summed E-state index contributed by atoms with van der Waals surface area (Å²) < 4.78 is 6.17. The molecule has 0 saturated carbocycles. The molecule has 3 aliphatic rings. The van der Waals surface area contributed by atoms with Crippen molar-refractivity contribution < 1.29 is 14.6 Å². The zero-order chi connectivity index (χ0) is 19.0. The van der Waals surface area contributed by atoms with Gasteiger partial charge < -0.3 is 14.7 Å². The van der Waals surface area contributed by atoms with Crippen molar-refractivity contribution in [3.63, 3.8) is 0 Å². The van der Waals surface area contributed by atoms with Crippen LogP contribution in [0.4, 0.5) is 0 Å². The second kappa shape index (κ2) is 7.78. The Bertz CT molecular complexity index is 684. The van der Waals surface area contributed by atoms with Crippen molar-refractivity contribution in [2.75, 3.05) is 39.4 Å². The Morgan fingerprint density at radius 2 is 2.11 bits per heavy atom. The second-order valence-corrected chi connectivity index (χ2v) is 9.75. The largest absolute Gasteiger partial charge is 0.395 e. The van der Waals surface area contributed by atoms with Gasteiger partial charge >= 0.3 is 0 Å². The quantitative estimate of drug-likeness (QED) is 0.850. The second-order valence-electron chi connectivity index (χ2n) is 8.55. The Morgan fingerprint density at radius 1 is 1.33 bits per heavy atom. The molecule has 1 unspecified atom stereocenters. The van der Waals surface area contributed by atoms with Crippen LogP contribution in [-0.2, 0) is 4.74 Å². The maximum atomic E-state index is 12.8. The van der Waals surface area contributed by atoms with Gasteiger partial charge in [0, 0.05) is 25.7 Å². The molecule has 0 aliphatic carbocycles. The summed E-state index contributed by atoms with van der Waals surface area (Å²) in [5.41, 5.74) is 1.09. The minimum Gasteiger partial charge on any atom is -0.395 e. The number of hydrogen-bond acceptors (Lipinski definition) is 6. The van der Waals surface area contributed by atoms with E-state index in [0.717, 1.165) is 74.0 Å². The lowest BCUT2D eigenvalue weighted by atomic mass is 9.76. The SMILES string of the molecule is Cc1nc(C)c(C(=O)N2CCC3(CC2)COC(CN2CCC[C@H]2CO)C3)s1. The van der Waals surface area contributed by atoms with E-state index in [1.54, 1.807) is 0 Å². The number of likely N-dealkylation sites (tertiary alicyclic amines) is 2. The lowest BCUT2D eigenvalue weighted by Gasteiger charge is -2.38. The number of rotatable bonds is 4. The molecule has 4 heterocycles. The molecule has 1 aromatic heterocycles. The first-order chi connectivity index (χ1) is 13.0. The maximum absolute atomic E-state index is 12.8. The number of aliphatic hydroxyl groups is 1. The van der Waals surface area contributed by atoms with E-state index in [9.17, 15) is 9.90 Å². The third kappa shape index (κ3) is 3.92. The summed E-state index contributed by atoms with van der Waals surface area (Å²) in [7, 11) is 0. The molecule has 4 rings (SSSR count). The fourth-order valence-corrected chi connectivity index (χ4v) is 5.91. The Labute approximate surface area is 165 Å². The van der Waals surface area contributed by atoms with Crippen molar-refractivity contribution in [2.24, 2.45) is 5.41 Å². The molecule has 0 aromatic carbocycles. The van der Waals surface area contributed by atoms with Gasteiger partial charge in [-0.2, -0.15) is 0 Å². The number of aryl methyl sites for hydroxylation is 2. The number of carbonyl (C=O) groups is 1. The van der Waals surface area contributed by atoms with Crippen LogP contribution in [0.3, 0.4) is 0 Å². The lowest BCUT2D eigenvalue weighted by molar-refractivity contribution is 0.0402. The average Bonchev–Trinajstić information content (AvgIpc) is 3.35. The monoisotopic (exact) mass is 393 g/mol. The van der Waals surface area contributed by atoms with Crippen LogP contribution in [0.1, 0.15) is 52.5 Å². The van der Waals surface area contributed by atoms with Gasteiger partial charge in [-0.3, -0.25) is 9.69 Å². The van der Waals surface area contributed by atoms with E-state index in [4.69, 9.17) is 4.74 Å². The third-order valence-corrected chi connectivity index (χ3v) is 7.70. The number of hydrogen-bond donors (Lipinski definition) is 1. The number of aromatic nitrogens is 1. The number of aliphatic hydroxyl groups excluding tert-OH is 1. The van der Waals surface area contributed by atoms with Gasteiger partial charge in [0.15, 0.2) is 0 Å². The van der Waals surface area contributed by atoms with Gasteiger partial charge in [0.1, 0.15) is 4.88 Å². The number of ether oxygens (including phenoxy) is 1. The van der Waals surface area contributed by atoms with Gasteiger partial charge in [-0.25, -0.2) is 4.98 Å². The first kappa shape index (κ1) is 19.3. The molecule has 3 aliphatic heterocycles. The van der Waals surface area contributed by atoms with Crippen LogP contribution >= 0.6 is 11.3 Å². The maximum Gasteiger partial charge on any atom is 0.265 e. The van der Waals surface area contributed by atoms with E-state index >= 15 is 0 Å². The highest BCUT2D eigenvalue weighted by Crippen LogP contribution is 2.42. The molecule has 3 fully saturated rings. The molecule has 1 N–H and O–H groups in total. The van der Waals surface area contributed by atoms with Gasteiger partial charge in [-0.05, 0) is 57.9 Å². The number of carbonyl (C=O) groups excluding carboxylic acids is 1. The van der Waals surface area contributed by atoms with E-state index in [2.05, 4.69) is 9.88 Å². The van der Waals surface area contributed by atoms with Crippen molar-refractivity contribution in [1.29, 1.82) is 0 Å². The summed E-state index contributed by atoms with van der Waals surface area (Å²) in [4.78, 5) is 22.4. The minimum absolute atomic E-state index is 0.145. The summed E-state index contributed by atoms with van der Waals surface area (Å²) >= 11 is 1.51. The number of thiazole rings is 1. The smallest absolute Gasteiger partial charge is 0.265 e. The van der Waals surface area contributed by atoms with Crippen molar-refractivity contribution in [3.05, 3.63) is 15.6 Å². The van der Waals surface area contributed by atoms with Crippen LogP contribution in [0.5, 0.6) is 0 Å². The van der Waals surface area contributed by atoms with Crippen LogP contribution in [0.2, 0.25) is 0 Å². The molecule has 1 amide bonds. The molecule has 2 atom stereocenters. The molecule has 27 heavy (non-hydrogen) atoms. The first-order valence-electron chi connectivity index (χ1n) is 10.2. The van der Waals surface area contributed by atoms with E-state index in [0.29, 0.717) is 6.04 Å². The fraction of sp³-hybridized carbons (Fsp3) is 0.800. The number of piperidine rings is 1. The molecule has 0 radical (unpaired) electrons. The predicted octanol–water partition coefficient (Wildman–Crippen LogP) is 2.23. The molecular weight excluding hydrogens is 362 g/mol. The van der Waals surface area contributed by atoms with E-state index in [1.165, 1.54) is 17.8 Å². The van der Waals surface area contributed by atoms with Gasteiger partial charge in [0.2, 0.25) is 0 Å². The van der Waals surface area contributed by atoms with Gasteiger partial charge in [0.25, 0.3) is 5.91 Å². The van der Waals surface area contributed by atoms with E-state index in [1.807, 2.05) is 18.7 Å². The molecule has 3 saturated heterocycles. The summed E-state index contributed by atoms with van der Waals surface area (Å²) in [6.07, 6.45) is 5.68. The number of nitrogens with zero attached hydrogens (tertiary/aromatic N) is 3. The van der Waals surface area contributed by atoms with E-state index < -0.39 is 0 Å². The standard InChI is InChI=1S/C20H31N3O3S/c1-14-18(27-15(2)21-14)19(25)22-8-5-20(6-9-22)10-17(26-13-20)11-23-7-3-4-16(23)12-24/h16-17,24H,3-13H2,1-2H3/t16-,17?/m0/s1. The lowest BCUT2D eigenvalue weighted by Crippen LogP contribution is -2.44. The highest BCUT2D eigenvalue weighted by molar-refractivity contribution is 7.13. The average molecular weight is 394 g/mol. The van der Waals surface area contributed by atoms with Crippen LogP contribution in [-0.4, -0.2) is 77.3 Å². The Kier molecular flexibility index (Phi) is 5.56. The summed E-state index contributed by atoms with van der Waals surface area (Å²) in [6.45, 7) is 8.60. The first-order valence-corrected chi connectivity index (χ1v) is 11.0. The Balaban J connectivity index is 1.31. The predicted molar refractivity (Wildman–Crippen MR) is 105 cm³/mol. The van der Waals surface area contributed by atoms with Crippen LogP contribution in [0.25, 0.3) is 0 Å². The van der Waals surface area contributed by atoms with Crippen LogP contribution in [0.15, 0.2) is 0 Å². The topological polar surface area (TPSA) is 65.9 Å². The number of amides is 1. The van der Waals surface area contributed by atoms with Gasteiger partial charge in [-0.15, -0.1) is 11.3 Å². The van der Waals surface area contributed by atoms with Gasteiger partial charge in [-0.1, -0.05) is 0 Å². The molecule has 6 nitrogen and oxygen atoms in total. The molecular formula is C20H31N3O3S. The third-order valence-electron chi connectivity index (χ3n) is 6.64. The normalized spacial score (nSPS) is 28.3. The Hall–Kier alpha value is -1.02. The molecule has 1 spiro atoms. The van der Waals surface area contributed by atoms with Crippen molar-refractivity contribution in [3.8, 4) is 0 Å². The molecule has 150 valence electrons. The van der Waals surface area contributed by atoms with Crippen molar-refractivity contribution in [2.45, 2.75) is 58.1 Å². The molecule has 7 heteroatoms. The van der Waals surface area contributed by atoms with Gasteiger partial charge in [0.05, 0.1) is 30.0 Å². The summed E-state index contributed by atoms with van der Waals surface area (Å²) in [6, 6.07) is 0.315. The van der Waals surface area contributed by atoms with Crippen molar-refractivity contribution >= 4 is 17.2 Å².